The van der Waals surface area contributed by atoms with Crippen LogP contribution in [0.15, 0.2) is 18.6 Å². The van der Waals surface area contributed by atoms with Crippen LogP contribution in [0, 0.1) is 0 Å². The van der Waals surface area contributed by atoms with Gasteiger partial charge in [-0.25, -0.2) is 4.79 Å². The summed E-state index contributed by atoms with van der Waals surface area (Å²) >= 11 is 0. The number of hydrogen-bond acceptors (Lipinski definition) is 5. The first-order valence-corrected chi connectivity index (χ1v) is 7.75. The van der Waals surface area contributed by atoms with Crippen LogP contribution in [0.1, 0.15) is 46.2 Å². The largest absolute Gasteiger partial charge is 0.444 e. The summed E-state index contributed by atoms with van der Waals surface area (Å²) in [7, 11) is 0. The number of nitrogens with zero attached hydrogens (tertiary/aromatic N) is 3. The molecule has 1 aromatic heterocycles. The van der Waals surface area contributed by atoms with Gasteiger partial charge in [-0.15, -0.1) is 0 Å². The van der Waals surface area contributed by atoms with Crippen molar-refractivity contribution in [1.29, 1.82) is 0 Å². The van der Waals surface area contributed by atoms with E-state index in [1.807, 2.05) is 20.8 Å². The number of likely N-dealkylation sites (tertiary alicyclic amines) is 1. The summed E-state index contributed by atoms with van der Waals surface area (Å²) in [6.45, 7) is 9.97. The van der Waals surface area contributed by atoms with Crippen molar-refractivity contribution in [2.24, 2.45) is 0 Å². The Hall–Kier alpha value is -1.69. The standard InChI is InChI=1S/C16H26N4O2/c1-15(2,3)22-14(21)20-9-5-16(4,6-10-20)19-12-13-11-17-7-8-18-13/h7-8,11,19H,5-6,9-10,12H2,1-4H3. The molecule has 1 aromatic rings. The van der Waals surface area contributed by atoms with E-state index in [0.717, 1.165) is 18.5 Å². The molecular formula is C16H26N4O2. The van der Waals surface area contributed by atoms with Gasteiger partial charge in [-0.2, -0.15) is 0 Å². The topological polar surface area (TPSA) is 67.4 Å². The van der Waals surface area contributed by atoms with Crippen molar-refractivity contribution in [3.05, 3.63) is 24.3 Å². The van der Waals surface area contributed by atoms with Gasteiger partial charge in [-0.3, -0.25) is 9.97 Å². The SMILES string of the molecule is CC1(NCc2cnccn2)CCN(C(=O)OC(C)(C)C)CC1. The van der Waals surface area contributed by atoms with Crippen LogP contribution in [-0.4, -0.2) is 45.2 Å². The number of nitrogens with one attached hydrogen (secondary N) is 1. The second-order valence-electron chi connectivity index (χ2n) is 7.08. The summed E-state index contributed by atoms with van der Waals surface area (Å²) in [4.78, 5) is 22.2. The van der Waals surface area contributed by atoms with Gasteiger partial charge >= 0.3 is 6.09 Å². The zero-order valence-corrected chi connectivity index (χ0v) is 13.9. The highest BCUT2D eigenvalue weighted by Crippen LogP contribution is 2.23. The quantitative estimate of drug-likeness (QED) is 0.928. The van der Waals surface area contributed by atoms with Crippen LogP contribution in [0.2, 0.25) is 0 Å². The fourth-order valence-corrected chi connectivity index (χ4v) is 2.41. The first-order chi connectivity index (χ1) is 10.3. The van der Waals surface area contributed by atoms with E-state index in [2.05, 4.69) is 22.2 Å². The Morgan fingerprint density at radius 3 is 2.59 bits per heavy atom. The van der Waals surface area contributed by atoms with E-state index in [1.165, 1.54) is 0 Å². The fourth-order valence-electron chi connectivity index (χ4n) is 2.41. The third-order valence-electron chi connectivity index (χ3n) is 3.83. The number of amides is 1. The lowest BCUT2D eigenvalue weighted by atomic mass is 9.89. The van der Waals surface area contributed by atoms with Crippen LogP contribution >= 0.6 is 0 Å². The van der Waals surface area contributed by atoms with Crippen LogP contribution in [0.3, 0.4) is 0 Å². The van der Waals surface area contributed by atoms with Crippen LogP contribution in [-0.2, 0) is 11.3 Å². The predicted molar refractivity (Wildman–Crippen MR) is 84.3 cm³/mol. The summed E-state index contributed by atoms with van der Waals surface area (Å²) in [6.07, 6.45) is 6.71. The average molecular weight is 306 g/mol. The van der Waals surface area contributed by atoms with Crippen molar-refractivity contribution < 1.29 is 9.53 Å². The number of hydrogen-bond donors (Lipinski definition) is 1. The highest BCUT2D eigenvalue weighted by molar-refractivity contribution is 5.68. The minimum atomic E-state index is -0.442. The van der Waals surface area contributed by atoms with Gasteiger partial charge in [-0.1, -0.05) is 0 Å². The molecule has 1 aliphatic rings. The van der Waals surface area contributed by atoms with E-state index in [-0.39, 0.29) is 11.6 Å². The molecule has 6 heteroatoms. The number of aromatic nitrogens is 2. The van der Waals surface area contributed by atoms with Gasteiger partial charge in [0.1, 0.15) is 5.60 Å². The van der Waals surface area contributed by atoms with Crippen molar-refractivity contribution in [3.8, 4) is 0 Å². The minimum absolute atomic E-state index is 0.00995. The van der Waals surface area contributed by atoms with Gasteiger partial charge < -0.3 is 15.0 Å². The number of carbonyl (C=O) groups excluding carboxylic acids is 1. The molecule has 0 bridgehead atoms. The number of carbonyl (C=O) groups is 1. The average Bonchev–Trinajstić information content (AvgIpc) is 2.45. The Balaban J connectivity index is 1.81. The normalized spacial score (nSPS) is 18.1. The molecule has 2 rings (SSSR count). The number of ether oxygens (including phenoxy) is 1. The van der Waals surface area contributed by atoms with Crippen LogP contribution in [0.4, 0.5) is 4.79 Å². The third kappa shape index (κ3) is 4.94. The summed E-state index contributed by atoms with van der Waals surface area (Å²) in [5.41, 5.74) is 0.497. The van der Waals surface area contributed by atoms with Crippen LogP contribution < -0.4 is 5.32 Å². The molecule has 2 heterocycles. The molecular weight excluding hydrogens is 280 g/mol. The molecule has 1 saturated heterocycles. The predicted octanol–water partition coefficient (Wildman–Crippen LogP) is 2.36. The molecule has 1 N–H and O–H groups in total. The number of rotatable bonds is 3. The van der Waals surface area contributed by atoms with Gasteiger partial charge in [0.25, 0.3) is 0 Å². The van der Waals surface area contributed by atoms with E-state index in [1.54, 1.807) is 23.5 Å². The number of piperidine rings is 1. The first kappa shape index (κ1) is 16.7. The Morgan fingerprint density at radius 2 is 2.05 bits per heavy atom. The molecule has 6 nitrogen and oxygen atoms in total. The van der Waals surface area contributed by atoms with Crippen molar-refractivity contribution >= 4 is 6.09 Å². The monoisotopic (exact) mass is 306 g/mol. The van der Waals surface area contributed by atoms with Crippen molar-refractivity contribution in [1.82, 2.24) is 20.2 Å². The highest BCUT2D eigenvalue weighted by atomic mass is 16.6. The molecule has 1 fully saturated rings. The molecule has 1 aliphatic heterocycles. The van der Waals surface area contributed by atoms with Crippen molar-refractivity contribution in [2.75, 3.05) is 13.1 Å². The Labute approximate surface area is 132 Å². The maximum absolute atomic E-state index is 12.1. The Kier molecular flexibility index (Phi) is 5.01. The summed E-state index contributed by atoms with van der Waals surface area (Å²) in [5.74, 6) is 0. The van der Waals surface area contributed by atoms with E-state index in [9.17, 15) is 4.79 Å². The van der Waals surface area contributed by atoms with Crippen LogP contribution in [0.25, 0.3) is 0 Å². The van der Waals surface area contributed by atoms with E-state index < -0.39 is 5.60 Å². The second-order valence-corrected chi connectivity index (χ2v) is 7.08. The molecule has 0 atom stereocenters. The van der Waals surface area contributed by atoms with Gasteiger partial charge in [0, 0.05) is 43.8 Å². The minimum Gasteiger partial charge on any atom is -0.444 e. The van der Waals surface area contributed by atoms with Gasteiger partial charge in [0.2, 0.25) is 0 Å². The van der Waals surface area contributed by atoms with Gasteiger partial charge in [0.05, 0.1) is 5.69 Å². The lowest BCUT2D eigenvalue weighted by molar-refractivity contribution is 0.0156. The van der Waals surface area contributed by atoms with Gasteiger partial charge in [-0.05, 0) is 40.5 Å². The lowest BCUT2D eigenvalue weighted by Gasteiger charge is -2.40. The van der Waals surface area contributed by atoms with E-state index >= 15 is 0 Å². The van der Waals surface area contributed by atoms with E-state index in [4.69, 9.17) is 4.74 Å². The van der Waals surface area contributed by atoms with E-state index in [0.29, 0.717) is 19.6 Å². The molecule has 122 valence electrons. The Bertz CT molecular complexity index is 491. The maximum atomic E-state index is 12.1. The van der Waals surface area contributed by atoms with Crippen molar-refractivity contribution in [2.45, 2.75) is 58.2 Å². The molecule has 1 amide bonds. The summed E-state index contributed by atoms with van der Waals surface area (Å²) in [5, 5.41) is 3.54. The molecule has 0 aliphatic carbocycles. The molecule has 0 spiro atoms. The molecule has 22 heavy (non-hydrogen) atoms. The van der Waals surface area contributed by atoms with Crippen LogP contribution in [0.5, 0.6) is 0 Å². The fraction of sp³-hybridized carbons (Fsp3) is 0.688. The molecule has 0 unspecified atom stereocenters. The third-order valence-corrected chi connectivity index (χ3v) is 3.83. The van der Waals surface area contributed by atoms with Gasteiger partial charge in [0.15, 0.2) is 0 Å². The van der Waals surface area contributed by atoms with Crippen molar-refractivity contribution in [3.63, 3.8) is 0 Å². The molecule has 0 saturated carbocycles. The Morgan fingerprint density at radius 1 is 1.36 bits per heavy atom. The molecule has 0 radical (unpaired) electrons. The smallest absolute Gasteiger partial charge is 0.410 e. The summed E-state index contributed by atoms with van der Waals surface area (Å²) in [6, 6.07) is 0. The highest BCUT2D eigenvalue weighted by Gasteiger charge is 2.33. The second kappa shape index (κ2) is 6.60. The summed E-state index contributed by atoms with van der Waals surface area (Å²) < 4.78 is 5.42. The zero-order valence-electron chi connectivity index (χ0n) is 13.9. The first-order valence-electron chi connectivity index (χ1n) is 7.75. The lowest BCUT2D eigenvalue weighted by Crippen LogP contribution is -2.53. The maximum Gasteiger partial charge on any atom is 0.410 e. The molecule has 0 aromatic carbocycles. The zero-order chi connectivity index (χ0) is 16.2.